The highest BCUT2D eigenvalue weighted by atomic mass is 32.2. The van der Waals surface area contributed by atoms with Crippen molar-refractivity contribution in [3.8, 4) is 0 Å². The number of thioether (sulfide) groups is 1. The fourth-order valence-corrected chi connectivity index (χ4v) is 3.20. The van der Waals surface area contributed by atoms with Crippen molar-refractivity contribution in [3.63, 3.8) is 0 Å². The highest BCUT2D eigenvalue weighted by molar-refractivity contribution is 7.99. The fourth-order valence-electron chi connectivity index (χ4n) is 2.06. The first-order chi connectivity index (χ1) is 9.22. The quantitative estimate of drug-likeness (QED) is 0.864. The lowest BCUT2D eigenvalue weighted by Gasteiger charge is -2.21. The normalized spacial score (nSPS) is 18.7. The van der Waals surface area contributed by atoms with Gasteiger partial charge >= 0.3 is 5.97 Å². The molecule has 102 valence electrons. The number of benzene rings is 1. The standard InChI is InChI=1S/C14H17NO3S/c1-18-14(17)11-6-2-3-7-12(11)15-13(16)10-5-4-8-19-9-10/h2-3,6-7,10H,4-5,8-9H2,1H3,(H,15,16). The lowest BCUT2D eigenvalue weighted by atomic mass is 10.0. The number of hydrogen-bond donors (Lipinski definition) is 1. The number of anilines is 1. The molecular weight excluding hydrogens is 262 g/mol. The van der Waals surface area contributed by atoms with Gasteiger partial charge in [0.05, 0.1) is 18.4 Å². The van der Waals surface area contributed by atoms with Crippen LogP contribution in [-0.4, -0.2) is 30.5 Å². The van der Waals surface area contributed by atoms with Crippen LogP contribution in [0.4, 0.5) is 5.69 Å². The minimum Gasteiger partial charge on any atom is -0.465 e. The molecule has 1 saturated heterocycles. The zero-order valence-corrected chi connectivity index (χ0v) is 11.7. The molecular formula is C14H17NO3S. The third kappa shape index (κ3) is 3.50. The molecule has 1 unspecified atom stereocenters. The first-order valence-corrected chi connectivity index (χ1v) is 7.44. The minimum atomic E-state index is -0.436. The average molecular weight is 279 g/mol. The summed E-state index contributed by atoms with van der Waals surface area (Å²) in [6, 6.07) is 6.91. The number of esters is 1. The van der Waals surface area contributed by atoms with E-state index in [9.17, 15) is 9.59 Å². The van der Waals surface area contributed by atoms with Crippen molar-refractivity contribution >= 4 is 29.3 Å². The summed E-state index contributed by atoms with van der Waals surface area (Å²) in [4.78, 5) is 23.8. The summed E-state index contributed by atoms with van der Waals surface area (Å²) in [5, 5.41) is 2.84. The summed E-state index contributed by atoms with van der Waals surface area (Å²) in [7, 11) is 1.33. The van der Waals surface area contributed by atoms with E-state index in [0.717, 1.165) is 24.3 Å². The Morgan fingerprint density at radius 2 is 2.16 bits per heavy atom. The molecule has 2 rings (SSSR count). The maximum absolute atomic E-state index is 12.2. The second-order valence-corrected chi connectivity index (χ2v) is 5.59. The average Bonchev–Trinajstić information content (AvgIpc) is 2.48. The van der Waals surface area contributed by atoms with Gasteiger partial charge in [-0.15, -0.1) is 0 Å². The number of hydrogen-bond acceptors (Lipinski definition) is 4. The van der Waals surface area contributed by atoms with E-state index in [-0.39, 0.29) is 11.8 Å². The first kappa shape index (κ1) is 13.9. The molecule has 0 bridgehead atoms. The molecule has 1 amide bonds. The lowest BCUT2D eigenvalue weighted by Crippen LogP contribution is -2.27. The van der Waals surface area contributed by atoms with Gasteiger partial charge in [-0.2, -0.15) is 11.8 Å². The van der Waals surface area contributed by atoms with Gasteiger partial charge in [0.1, 0.15) is 0 Å². The number of methoxy groups -OCH3 is 1. The summed E-state index contributed by atoms with van der Waals surface area (Å²) in [6.45, 7) is 0. The van der Waals surface area contributed by atoms with Crippen molar-refractivity contribution < 1.29 is 14.3 Å². The summed E-state index contributed by atoms with van der Waals surface area (Å²) >= 11 is 1.80. The van der Waals surface area contributed by atoms with Crippen molar-refractivity contribution in [1.29, 1.82) is 0 Å². The summed E-state index contributed by atoms with van der Waals surface area (Å²) in [5.74, 6) is 1.57. The maximum Gasteiger partial charge on any atom is 0.339 e. The molecule has 0 radical (unpaired) electrons. The molecule has 1 N–H and O–H groups in total. The van der Waals surface area contributed by atoms with Gasteiger partial charge in [0.15, 0.2) is 0 Å². The molecule has 0 aliphatic carbocycles. The molecule has 5 heteroatoms. The van der Waals surface area contributed by atoms with Crippen molar-refractivity contribution in [3.05, 3.63) is 29.8 Å². The Morgan fingerprint density at radius 1 is 1.37 bits per heavy atom. The van der Waals surface area contributed by atoms with Crippen LogP contribution in [0.2, 0.25) is 0 Å². The smallest absolute Gasteiger partial charge is 0.339 e. The van der Waals surface area contributed by atoms with Crippen molar-refractivity contribution in [2.45, 2.75) is 12.8 Å². The van der Waals surface area contributed by atoms with E-state index in [4.69, 9.17) is 4.74 Å². The molecule has 0 saturated carbocycles. The molecule has 1 fully saturated rings. The number of rotatable bonds is 3. The number of amides is 1. The van der Waals surface area contributed by atoms with Crippen LogP contribution in [0.25, 0.3) is 0 Å². The van der Waals surface area contributed by atoms with Crippen molar-refractivity contribution in [1.82, 2.24) is 0 Å². The van der Waals surface area contributed by atoms with E-state index < -0.39 is 5.97 Å². The summed E-state index contributed by atoms with van der Waals surface area (Å²) in [5.41, 5.74) is 0.914. The van der Waals surface area contributed by atoms with E-state index >= 15 is 0 Å². The second kappa shape index (κ2) is 6.61. The Bertz CT molecular complexity index is 470. The third-order valence-corrected chi connectivity index (χ3v) is 4.34. The van der Waals surface area contributed by atoms with Gasteiger partial charge in [0.2, 0.25) is 5.91 Å². The highest BCUT2D eigenvalue weighted by Gasteiger charge is 2.23. The summed E-state index contributed by atoms with van der Waals surface area (Å²) < 4.78 is 4.71. The van der Waals surface area contributed by atoms with Crippen LogP contribution in [-0.2, 0) is 9.53 Å². The van der Waals surface area contributed by atoms with Gasteiger partial charge in [-0.1, -0.05) is 12.1 Å². The van der Waals surface area contributed by atoms with Gasteiger partial charge in [0, 0.05) is 11.7 Å². The number of ether oxygens (including phenoxy) is 1. The number of para-hydroxylation sites is 1. The summed E-state index contributed by atoms with van der Waals surface area (Å²) in [6.07, 6.45) is 1.99. The zero-order chi connectivity index (χ0) is 13.7. The van der Waals surface area contributed by atoms with Gasteiger partial charge < -0.3 is 10.1 Å². The van der Waals surface area contributed by atoms with E-state index in [0.29, 0.717) is 11.3 Å². The molecule has 4 nitrogen and oxygen atoms in total. The van der Waals surface area contributed by atoms with Crippen LogP contribution < -0.4 is 5.32 Å². The van der Waals surface area contributed by atoms with Crippen LogP contribution >= 0.6 is 11.8 Å². The van der Waals surface area contributed by atoms with Gasteiger partial charge in [0.25, 0.3) is 0 Å². The highest BCUT2D eigenvalue weighted by Crippen LogP contribution is 2.25. The third-order valence-electron chi connectivity index (χ3n) is 3.12. The topological polar surface area (TPSA) is 55.4 Å². The molecule has 1 heterocycles. The predicted octanol–water partition coefficient (Wildman–Crippen LogP) is 2.55. The Morgan fingerprint density at radius 3 is 2.84 bits per heavy atom. The molecule has 1 aromatic rings. The second-order valence-electron chi connectivity index (χ2n) is 4.44. The Balaban J connectivity index is 2.09. The van der Waals surface area contributed by atoms with Crippen LogP contribution in [0.5, 0.6) is 0 Å². The van der Waals surface area contributed by atoms with Gasteiger partial charge in [-0.25, -0.2) is 4.79 Å². The fraction of sp³-hybridized carbons (Fsp3) is 0.429. The maximum atomic E-state index is 12.2. The van der Waals surface area contributed by atoms with E-state index in [2.05, 4.69) is 5.32 Å². The van der Waals surface area contributed by atoms with Crippen LogP contribution in [0, 0.1) is 5.92 Å². The van der Waals surface area contributed by atoms with Crippen LogP contribution in [0.3, 0.4) is 0 Å². The number of carbonyl (C=O) groups excluding carboxylic acids is 2. The molecule has 0 spiro atoms. The largest absolute Gasteiger partial charge is 0.465 e. The first-order valence-electron chi connectivity index (χ1n) is 6.28. The van der Waals surface area contributed by atoms with Crippen LogP contribution in [0.15, 0.2) is 24.3 Å². The van der Waals surface area contributed by atoms with Gasteiger partial charge in [-0.3, -0.25) is 4.79 Å². The monoisotopic (exact) mass is 279 g/mol. The van der Waals surface area contributed by atoms with Gasteiger partial charge in [-0.05, 0) is 30.7 Å². The van der Waals surface area contributed by atoms with Crippen molar-refractivity contribution in [2.24, 2.45) is 5.92 Å². The number of carbonyl (C=O) groups is 2. The molecule has 1 aliphatic rings. The number of nitrogens with one attached hydrogen (secondary N) is 1. The van der Waals surface area contributed by atoms with Crippen molar-refractivity contribution in [2.75, 3.05) is 23.9 Å². The van der Waals surface area contributed by atoms with E-state index in [1.165, 1.54) is 7.11 Å². The molecule has 1 atom stereocenters. The molecule has 19 heavy (non-hydrogen) atoms. The Labute approximate surface area is 116 Å². The SMILES string of the molecule is COC(=O)c1ccccc1NC(=O)C1CCCSC1. The zero-order valence-electron chi connectivity index (χ0n) is 10.8. The van der Waals surface area contributed by atoms with E-state index in [1.807, 2.05) is 0 Å². The Kier molecular flexibility index (Phi) is 4.85. The molecule has 1 aliphatic heterocycles. The van der Waals surface area contributed by atoms with Crippen LogP contribution in [0.1, 0.15) is 23.2 Å². The Hall–Kier alpha value is -1.49. The minimum absolute atomic E-state index is 0.0106. The molecule has 0 aromatic heterocycles. The lowest BCUT2D eigenvalue weighted by molar-refractivity contribution is -0.119. The molecule has 1 aromatic carbocycles. The van der Waals surface area contributed by atoms with E-state index in [1.54, 1.807) is 36.0 Å². The predicted molar refractivity (Wildman–Crippen MR) is 76.5 cm³/mol.